The summed E-state index contributed by atoms with van der Waals surface area (Å²) in [4.78, 5) is 25.6. The van der Waals surface area contributed by atoms with Gasteiger partial charge in [-0.3, -0.25) is 9.59 Å². The highest BCUT2D eigenvalue weighted by Crippen LogP contribution is 2.41. The van der Waals surface area contributed by atoms with Crippen LogP contribution in [0.1, 0.15) is 64.0 Å². The third-order valence-electron chi connectivity index (χ3n) is 4.83. The second kappa shape index (κ2) is 9.56. The van der Waals surface area contributed by atoms with Crippen LogP contribution in [-0.2, 0) is 25.5 Å². The van der Waals surface area contributed by atoms with Gasteiger partial charge < -0.3 is 9.47 Å². The standard InChI is InChI=1S/C22H30O4/c1-4-7-8-9-12-17-15-22(20(23)25-5-2,21(24)26-6-3)16-18-13-10-11-14-19(17)18/h10-11,13-15H,4-9,12,16H2,1-3H3. The van der Waals surface area contributed by atoms with Gasteiger partial charge in [-0.25, -0.2) is 0 Å². The van der Waals surface area contributed by atoms with Gasteiger partial charge in [0.25, 0.3) is 0 Å². The number of hydrogen-bond donors (Lipinski definition) is 0. The van der Waals surface area contributed by atoms with E-state index < -0.39 is 17.4 Å². The van der Waals surface area contributed by atoms with E-state index in [2.05, 4.69) is 13.0 Å². The Hall–Kier alpha value is -2.10. The molecule has 4 heteroatoms. The van der Waals surface area contributed by atoms with Crippen LogP contribution in [0, 0.1) is 5.41 Å². The fourth-order valence-electron chi connectivity index (χ4n) is 3.53. The predicted octanol–water partition coefficient (Wildman–Crippen LogP) is 4.71. The van der Waals surface area contributed by atoms with E-state index in [1.807, 2.05) is 24.3 Å². The Labute approximate surface area is 156 Å². The van der Waals surface area contributed by atoms with Crippen molar-refractivity contribution in [3.63, 3.8) is 0 Å². The van der Waals surface area contributed by atoms with Crippen molar-refractivity contribution in [3.8, 4) is 0 Å². The molecule has 1 aliphatic rings. The molecular weight excluding hydrogens is 328 g/mol. The number of rotatable bonds is 9. The fourth-order valence-corrected chi connectivity index (χ4v) is 3.53. The number of carbonyl (C=O) groups is 2. The van der Waals surface area contributed by atoms with Crippen molar-refractivity contribution in [2.45, 2.75) is 59.3 Å². The number of allylic oxidation sites excluding steroid dienone is 1. The number of benzene rings is 1. The number of carbonyl (C=O) groups excluding carboxylic acids is 2. The van der Waals surface area contributed by atoms with Crippen LogP contribution >= 0.6 is 0 Å². The molecule has 2 rings (SSSR count). The van der Waals surface area contributed by atoms with E-state index in [4.69, 9.17) is 9.47 Å². The molecule has 0 aliphatic heterocycles. The van der Waals surface area contributed by atoms with Crippen LogP contribution in [0.15, 0.2) is 30.3 Å². The summed E-state index contributed by atoms with van der Waals surface area (Å²) in [5, 5.41) is 0. The first-order valence-corrected chi connectivity index (χ1v) is 9.73. The Bertz CT molecular complexity index is 642. The van der Waals surface area contributed by atoms with Crippen molar-refractivity contribution in [3.05, 3.63) is 41.5 Å². The molecule has 142 valence electrons. The molecule has 0 saturated heterocycles. The minimum absolute atomic E-state index is 0.237. The highest BCUT2D eigenvalue weighted by Gasteiger charge is 2.49. The van der Waals surface area contributed by atoms with Crippen molar-refractivity contribution < 1.29 is 19.1 Å². The quantitative estimate of drug-likeness (QED) is 0.364. The number of unbranched alkanes of at least 4 members (excludes halogenated alkanes) is 3. The molecule has 1 aromatic rings. The summed E-state index contributed by atoms with van der Waals surface area (Å²) in [6.45, 7) is 6.16. The maximum absolute atomic E-state index is 12.8. The molecule has 0 amide bonds. The molecule has 1 aliphatic carbocycles. The van der Waals surface area contributed by atoms with E-state index in [9.17, 15) is 9.59 Å². The Morgan fingerprint density at radius 1 is 0.962 bits per heavy atom. The minimum Gasteiger partial charge on any atom is -0.465 e. The summed E-state index contributed by atoms with van der Waals surface area (Å²) in [5.74, 6) is -1.03. The van der Waals surface area contributed by atoms with Crippen LogP contribution in [0.25, 0.3) is 5.57 Å². The molecule has 0 atom stereocenters. The third-order valence-corrected chi connectivity index (χ3v) is 4.83. The summed E-state index contributed by atoms with van der Waals surface area (Å²) < 4.78 is 10.5. The maximum Gasteiger partial charge on any atom is 0.327 e. The maximum atomic E-state index is 12.8. The second-order valence-electron chi connectivity index (χ2n) is 6.73. The molecule has 0 fully saturated rings. The lowest BCUT2D eigenvalue weighted by atomic mass is 9.72. The van der Waals surface area contributed by atoms with Crippen LogP contribution in [0.2, 0.25) is 0 Å². The topological polar surface area (TPSA) is 52.6 Å². The van der Waals surface area contributed by atoms with Gasteiger partial charge in [-0.1, -0.05) is 56.5 Å². The fraction of sp³-hybridized carbons (Fsp3) is 0.545. The van der Waals surface area contributed by atoms with Crippen molar-refractivity contribution in [2.75, 3.05) is 13.2 Å². The zero-order valence-corrected chi connectivity index (χ0v) is 16.2. The first-order valence-electron chi connectivity index (χ1n) is 9.73. The van der Waals surface area contributed by atoms with Crippen molar-refractivity contribution in [1.29, 1.82) is 0 Å². The van der Waals surface area contributed by atoms with Crippen molar-refractivity contribution in [2.24, 2.45) is 5.41 Å². The summed E-state index contributed by atoms with van der Waals surface area (Å²) in [6.07, 6.45) is 7.49. The van der Waals surface area contributed by atoms with Crippen molar-refractivity contribution >= 4 is 17.5 Å². The molecular formula is C22H30O4. The Morgan fingerprint density at radius 3 is 2.23 bits per heavy atom. The summed E-state index contributed by atoms with van der Waals surface area (Å²) in [7, 11) is 0. The Balaban J connectivity index is 2.43. The SMILES string of the molecule is CCCCCCC1=CC(C(=O)OCC)(C(=O)OCC)Cc2ccccc21. The van der Waals surface area contributed by atoms with E-state index in [0.717, 1.165) is 36.0 Å². The van der Waals surface area contributed by atoms with Gasteiger partial charge in [-0.05, 0) is 43.4 Å². The zero-order chi connectivity index (χ0) is 19.0. The van der Waals surface area contributed by atoms with E-state index in [-0.39, 0.29) is 13.2 Å². The van der Waals surface area contributed by atoms with Crippen LogP contribution in [-0.4, -0.2) is 25.2 Å². The smallest absolute Gasteiger partial charge is 0.327 e. The molecule has 0 N–H and O–H groups in total. The number of ether oxygens (including phenoxy) is 2. The molecule has 1 aromatic carbocycles. The number of hydrogen-bond acceptors (Lipinski definition) is 4. The van der Waals surface area contributed by atoms with E-state index in [1.54, 1.807) is 13.8 Å². The summed E-state index contributed by atoms with van der Waals surface area (Å²) >= 11 is 0. The average molecular weight is 358 g/mol. The molecule has 26 heavy (non-hydrogen) atoms. The highest BCUT2D eigenvalue weighted by atomic mass is 16.6. The third kappa shape index (κ3) is 4.35. The van der Waals surface area contributed by atoms with Crippen LogP contribution in [0.4, 0.5) is 0 Å². The molecule has 0 spiro atoms. The van der Waals surface area contributed by atoms with Gasteiger partial charge in [0.05, 0.1) is 13.2 Å². The van der Waals surface area contributed by atoms with Gasteiger partial charge >= 0.3 is 11.9 Å². The van der Waals surface area contributed by atoms with Gasteiger partial charge in [0.1, 0.15) is 0 Å². The molecule has 0 aromatic heterocycles. The first-order chi connectivity index (χ1) is 12.6. The van der Waals surface area contributed by atoms with Crippen LogP contribution in [0.3, 0.4) is 0 Å². The monoisotopic (exact) mass is 358 g/mol. The summed E-state index contributed by atoms with van der Waals surface area (Å²) in [5.41, 5.74) is 1.80. The molecule has 0 unspecified atom stereocenters. The Morgan fingerprint density at radius 2 is 1.62 bits per heavy atom. The lowest BCUT2D eigenvalue weighted by Crippen LogP contribution is -2.44. The van der Waals surface area contributed by atoms with Gasteiger partial charge in [-0.15, -0.1) is 0 Å². The zero-order valence-electron chi connectivity index (χ0n) is 16.2. The number of esters is 2. The van der Waals surface area contributed by atoms with Gasteiger partial charge in [0, 0.05) is 6.42 Å². The van der Waals surface area contributed by atoms with Gasteiger partial charge in [-0.2, -0.15) is 0 Å². The molecule has 0 heterocycles. The summed E-state index contributed by atoms with van der Waals surface area (Å²) in [6, 6.07) is 8.00. The largest absolute Gasteiger partial charge is 0.465 e. The minimum atomic E-state index is -1.37. The molecule has 0 bridgehead atoms. The normalized spacial score (nSPS) is 15.0. The van der Waals surface area contributed by atoms with E-state index in [0.29, 0.717) is 6.42 Å². The highest BCUT2D eigenvalue weighted by molar-refractivity contribution is 6.05. The van der Waals surface area contributed by atoms with Crippen LogP contribution in [0.5, 0.6) is 0 Å². The van der Waals surface area contributed by atoms with Gasteiger partial charge in [0.2, 0.25) is 0 Å². The molecule has 4 nitrogen and oxygen atoms in total. The van der Waals surface area contributed by atoms with E-state index >= 15 is 0 Å². The molecule has 0 radical (unpaired) electrons. The average Bonchev–Trinajstić information content (AvgIpc) is 2.65. The lowest BCUT2D eigenvalue weighted by molar-refractivity contribution is -0.168. The number of fused-ring (bicyclic) bond motifs is 1. The second-order valence-corrected chi connectivity index (χ2v) is 6.73. The Kier molecular flexibility index (Phi) is 7.43. The van der Waals surface area contributed by atoms with Crippen LogP contribution < -0.4 is 0 Å². The molecule has 0 saturated carbocycles. The lowest BCUT2D eigenvalue weighted by Gasteiger charge is -2.32. The predicted molar refractivity (Wildman–Crippen MR) is 103 cm³/mol. The van der Waals surface area contributed by atoms with Crippen molar-refractivity contribution in [1.82, 2.24) is 0 Å². The van der Waals surface area contributed by atoms with E-state index in [1.165, 1.54) is 12.8 Å². The van der Waals surface area contributed by atoms with Gasteiger partial charge in [0.15, 0.2) is 5.41 Å². The first kappa shape index (κ1) is 20.2.